The van der Waals surface area contributed by atoms with Gasteiger partial charge in [-0.2, -0.15) is 0 Å². The van der Waals surface area contributed by atoms with Crippen LogP contribution in [-0.4, -0.2) is 32.1 Å². The van der Waals surface area contributed by atoms with Gasteiger partial charge < -0.3 is 14.4 Å². The number of benzene rings is 3. The van der Waals surface area contributed by atoms with Gasteiger partial charge in [0.25, 0.3) is 5.91 Å². The predicted molar refractivity (Wildman–Crippen MR) is 123 cm³/mol. The Morgan fingerprint density at radius 2 is 1.45 bits per heavy atom. The molecule has 158 valence electrons. The maximum atomic E-state index is 13.1. The number of carbonyl (C=O) groups is 2. The predicted octanol–water partition coefficient (Wildman–Crippen LogP) is 4.83. The number of para-hydroxylation sites is 2. The quantitative estimate of drug-likeness (QED) is 0.315. The van der Waals surface area contributed by atoms with Crippen LogP contribution in [0.25, 0.3) is 11.6 Å². The monoisotopic (exact) mass is 415 g/mol. The molecule has 0 aliphatic heterocycles. The Balaban J connectivity index is 1.87. The number of anilines is 1. The van der Waals surface area contributed by atoms with Gasteiger partial charge in [-0.25, -0.2) is 4.79 Å². The SMILES string of the molecule is COc1ccccc1/C=C(/C(=O)O[C@H](C)C(=O)N(C)c1ccccc1)c1ccccc1. The van der Waals surface area contributed by atoms with Crippen LogP contribution >= 0.6 is 0 Å². The third-order valence-corrected chi connectivity index (χ3v) is 4.85. The fourth-order valence-electron chi connectivity index (χ4n) is 3.14. The highest BCUT2D eigenvalue weighted by atomic mass is 16.5. The van der Waals surface area contributed by atoms with Crippen molar-refractivity contribution in [2.24, 2.45) is 0 Å². The van der Waals surface area contributed by atoms with Gasteiger partial charge in [0.05, 0.1) is 12.7 Å². The van der Waals surface area contributed by atoms with Crippen molar-refractivity contribution >= 4 is 29.2 Å². The number of nitrogens with zero attached hydrogens (tertiary/aromatic N) is 1. The van der Waals surface area contributed by atoms with Crippen LogP contribution in [0.5, 0.6) is 5.75 Å². The van der Waals surface area contributed by atoms with E-state index in [4.69, 9.17) is 9.47 Å². The highest BCUT2D eigenvalue weighted by Crippen LogP contribution is 2.26. The van der Waals surface area contributed by atoms with Crippen LogP contribution in [0, 0.1) is 0 Å². The van der Waals surface area contributed by atoms with Gasteiger partial charge in [-0.1, -0.05) is 66.7 Å². The summed E-state index contributed by atoms with van der Waals surface area (Å²) in [4.78, 5) is 27.4. The molecular weight excluding hydrogens is 390 g/mol. The fourth-order valence-corrected chi connectivity index (χ4v) is 3.14. The zero-order valence-electron chi connectivity index (χ0n) is 17.8. The van der Waals surface area contributed by atoms with E-state index in [0.717, 1.165) is 11.3 Å². The third kappa shape index (κ3) is 5.39. The van der Waals surface area contributed by atoms with Crippen LogP contribution in [0.2, 0.25) is 0 Å². The molecule has 3 aromatic rings. The molecule has 1 atom stereocenters. The van der Waals surface area contributed by atoms with Gasteiger partial charge in [0, 0.05) is 18.3 Å². The zero-order chi connectivity index (χ0) is 22.2. The van der Waals surface area contributed by atoms with E-state index in [1.54, 1.807) is 27.2 Å². The van der Waals surface area contributed by atoms with Gasteiger partial charge in [0.2, 0.25) is 0 Å². The molecule has 0 aliphatic rings. The lowest BCUT2D eigenvalue weighted by Gasteiger charge is -2.22. The molecule has 0 bridgehead atoms. The normalized spacial score (nSPS) is 12.0. The van der Waals surface area contributed by atoms with Gasteiger partial charge in [0.15, 0.2) is 6.10 Å². The van der Waals surface area contributed by atoms with Gasteiger partial charge >= 0.3 is 5.97 Å². The summed E-state index contributed by atoms with van der Waals surface area (Å²) in [5, 5.41) is 0. The van der Waals surface area contributed by atoms with Crippen LogP contribution < -0.4 is 9.64 Å². The number of hydrogen-bond acceptors (Lipinski definition) is 4. The summed E-state index contributed by atoms with van der Waals surface area (Å²) in [5.74, 6) is -0.264. The second-order valence-corrected chi connectivity index (χ2v) is 6.95. The van der Waals surface area contributed by atoms with Crippen LogP contribution in [0.1, 0.15) is 18.1 Å². The molecule has 0 aliphatic carbocycles. The van der Waals surface area contributed by atoms with Crippen LogP contribution in [-0.2, 0) is 14.3 Å². The van der Waals surface area contributed by atoms with Crippen molar-refractivity contribution in [2.75, 3.05) is 19.1 Å². The highest BCUT2D eigenvalue weighted by Gasteiger charge is 2.25. The molecule has 5 heteroatoms. The van der Waals surface area contributed by atoms with Crippen molar-refractivity contribution < 1.29 is 19.1 Å². The number of likely N-dealkylation sites (N-methyl/N-ethyl adjacent to an activating group) is 1. The van der Waals surface area contributed by atoms with Crippen molar-refractivity contribution in [3.8, 4) is 5.75 Å². The topological polar surface area (TPSA) is 55.8 Å². The number of esters is 1. The van der Waals surface area contributed by atoms with Crippen molar-refractivity contribution in [2.45, 2.75) is 13.0 Å². The van der Waals surface area contributed by atoms with Crippen LogP contribution in [0.4, 0.5) is 5.69 Å². The minimum absolute atomic E-state index is 0.316. The van der Waals surface area contributed by atoms with Crippen molar-refractivity contribution in [3.05, 3.63) is 96.1 Å². The van der Waals surface area contributed by atoms with E-state index in [1.807, 2.05) is 84.9 Å². The Hall–Kier alpha value is -3.86. The molecular formula is C26H25NO4. The van der Waals surface area contributed by atoms with Crippen molar-refractivity contribution in [1.29, 1.82) is 0 Å². The van der Waals surface area contributed by atoms with E-state index in [9.17, 15) is 9.59 Å². The Bertz CT molecular complexity index is 1060. The van der Waals surface area contributed by atoms with E-state index >= 15 is 0 Å². The lowest BCUT2D eigenvalue weighted by Crippen LogP contribution is -2.37. The van der Waals surface area contributed by atoms with Crippen molar-refractivity contribution in [3.63, 3.8) is 0 Å². The summed E-state index contributed by atoms with van der Waals surface area (Å²) in [6.07, 6.45) is 0.761. The smallest absolute Gasteiger partial charge is 0.339 e. The summed E-state index contributed by atoms with van der Waals surface area (Å²) in [7, 11) is 3.23. The fraction of sp³-hybridized carbons (Fsp3) is 0.154. The maximum Gasteiger partial charge on any atom is 0.339 e. The molecule has 1 amide bonds. The average molecular weight is 415 g/mol. The first-order valence-electron chi connectivity index (χ1n) is 9.95. The molecule has 0 N–H and O–H groups in total. The molecule has 31 heavy (non-hydrogen) atoms. The molecule has 0 heterocycles. The van der Waals surface area contributed by atoms with E-state index in [1.165, 1.54) is 4.90 Å². The summed E-state index contributed by atoms with van der Waals surface area (Å²) in [5.41, 5.74) is 2.49. The number of carbonyl (C=O) groups excluding carboxylic acids is 2. The number of methoxy groups -OCH3 is 1. The lowest BCUT2D eigenvalue weighted by molar-refractivity contribution is -0.148. The molecule has 0 saturated heterocycles. The molecule has 0 unspecified atom stereocenters. The van der Waals surface area contributed by atoms with Crippen molar-refractivity contribution in [1.82, 2.24) is 0 Å². The summed E-state index contributed by atoms with van der Waals surface area (Å²) < 4.78 is 11.0. The molecule has 0 spiro atoms. The largest absolute Gasteiger partial charge is 0.496 e. The average Bonchev–Trinajstić information content (AvgIpc) is 2.82. The van der Waals surface area contributed by atoms with Gasteiger partial charge in [0.1, 0.15) is 5.75 Å². The molecule has 0 fully saturated rings. The Morgan fingerprint density at radius 3 is 2.10 bits per heavy atom. The first kappa shape index (κ1) is 21.8. The van der Waals surface area contributed by atoms with E-state index in [2.05, 4.69) is 0 Å². The highest BCUT2D eigenvalue weighted by molar-refractivity contribution is 6.22. The minimum atomic E-state index is -0.956. The molecule has 5 nitrogen and oxygen atoms in total. The zero-order valence-corrected chi connectivity index (χ0v) is 17.8. The maximum absolute atomic E-state index is 13.1. The van der Waals surface area contributed by atoms with E-state index in [-0.39, 0.29) is 5.91 Å². The van der Waals surface area contributed by atoms with Gasteiger partial charge in [-0.3, -0.25) is 4.79 Å². The number of rotatable bonds is 7. The van der Waals surface area contributed by atoms with Gasteiger partial charge in [-0.15, -0.1) is 0 Å². The molecule has 0 radical (unpaired) electrons. The molecule has 0 aromatic heterocycles. The Labute approximate surface area is 182 Å². The Kier molecular flexibility index (Phi) is 7.22. The van der Waals surface area contributed by atoms with E-state index in [0.29, 0.717) is 16.9 Å². The minimum Gasteiger partial charge on any atom is -0.496 e. The molecule has 3 rings (SSSR count). The number of amides is 1. The van der Waals surface area contributed by atoms with Crippen LogP contribution in [0.15, 0.2) is 84.9 Å². The first-order chi connectivity index (χ1) is 15.0. The first-order valence-corrected chi connectivity index (χ1v) is 9.95. The third-order valence-electron chi connectivity index (χ3n) is 4.85. The second-order valence-electron chi connectivity index (χ2n) is 6.95. The summed E-state index contributed by atoms with van der Waals surface area (Å²) >= 11 is 0. The second kappa shape index (κ2) is 10.3. The number of ether oxygens (including phenoxy) is 2. The Morgan fingerprint density at radius 1 is 0.871 bits per heavy atom. The lowest BCUT2D eigenvalue weighted by atomic mass is 10.0. The molecule has 3 aromatic carbocycles. The van der Waals surface area contributed by atoms with E-state index < -0.39 is 12.1 Å². The van der Waals surface area contributed by atoms with Crippen LogP contribution in [0.3, 0.4) is 0 Å². The molecule has 0 saturated carbocycles. The van der Waals surface area contributed by atoms with Gasteiger partial charge in [-0.05, 0) is 36.8 Å². The number of hydrogen-bond donors (Lipinski definition) is 0. The summed E-state index contributed by atoms with van der Waals surface area (Å²) in [6.45, 7) is 1.57. The summed E-state index contributed by atoms with van der Waals surface area (Å²) in [6, 6.07) is 25.8. The standard InChI is InChI=1S/C26H25NO4/c1-19(25(28)27(2)22-15-8-5-9-16-22)31-26(29)23(20-12-6-4-7-13-20)18-21-14-10-11-17-24(21)30-3/h4-19H,1-3H3/b23-18+/t19-/m1/s1.